The molecule has 1 aromatic heterocycles. The molecule has 4 N–H and O–H groups in total. The molecule has 3 amide bonds. The molecule has 0 unspecified atom stereocenters. The van der Waals surface area contributed by atoms with Crippen molar-refractivity contribution in [1.82, 2.24) is 20.1 Å². The van der Waals surface area contributed by atoms with Gasteiger partial charge in [0.2, 0.25) is 0 Å². The molecule has 2 atom stereocenters. The maximum absolute atomic E-state index is 13.4. The van der Waals surface area contributed by atoms with Crippen molar-refractivity contribution < 1.29 is 34.2 Å². The Morgan fingerprint density at radius 2 is 1.54 bits per heavy atom. The Hall–Kier alpha value is -5.67. The summed E-state index contributed by atoms with van der Waals surface area (Å²) in [6, 6.07) is 28.5. The van der Waals surface area contributed by atoms with E-state index in [1.807, 2.05) is 91.0 Å². The summed E-state index contributed by atoms with van der Waals surface area (Å²) in [5, 5.41) is 30.5. The second kappa shape index (κ2) is 14.4. The molecule has 0 bridgehead atoms. The third-order valence-corrected chi connectivity index (χ3v) is 10.3. The molecule has 0 spiro atoms. The zero-order valence-corrected chi connectivity index (χ0v) is 28.5. The van der Waals surface area contributed by atoms with Crippen LogP contribution in [0.5, 0.6) is 0 Å². The van der Waals surface area contributed by atoms with E-state index in [2.05, 4.69) is 20.8 Å². The summed E-state index contributed by atoms with van der Waals surface area (Å²) in [5.74, 6) is -2.74. The average Bonchev–Trinajstić information content (AvgIpc) is 3.60. The van der Waals surface area contributed by atoms with Gasteiger partial charge >= 0.3 is 12.1 Å². The number of hydrogen-bond donors (Lipinski definition) is 4. The molecule has 3 heterocycles. The SMILES string of the molecule is CN(C)C(=O)OCC1=C(C(=O)O)N2C(=O)[C@@H](NC(=O)/C(=N\O)c3csc(NC(c4ccccc4)(c4ccccc4)c4ccccc4)n3)[C@H]2SC1. The van der Waals surface area contributed by atoms with Gasteiger partial charge in [-0.05, 0) is 16.7 Å². The number of carboxylic acids is 1. The molecular formula is C35H32N6O7S2. The van der Waals surface area contributed by atoms with Crippen LogP contribution in [0.3, 0.4) is 0 Å². The number of oxime groups is 1. The Balaban J connectivity index is 1.23. The lowest BCUT2D eigenvalue weighted by Gasteiger charge is -2.49. The van der Waals surface area contributed by atoms with Crippen LogP contribution < -0.4 is 10.6 Å². The van der Waals surface area contributed by atoms with E-state index in [-0.39, 0.29) is 29.3 Å². The number of nitrogens with one attached hydrogen (secondary N) is 2. The number of benzene rings is 3. The van der Waals surface area contributed by atoms with Gasteiger partial charge in [-0.1, -0.05) is 96.2 Å². The van der Waals surface area contributed by atoms with Gasteiger partial charge in [0.25, 0.3) is 11.8 Å². The van der Waals surface area contributed by atoms with E-state index in [4.69, 9.17) is 4.74 Å². The zero-order chi connectivity index (χ0) is 35.4. The summed E-state index contributed by atoms with van der Waals surface area (Å²) in [6.07, 6.45) is -0.656. The van der Waals surface area contributed by atoms with Crippen molar-refractivity contribution in [2.45, 2.75) is 17.0 Å². The monoisotopic (exact) mass is 712 g/mol. The Labute approximate surface area is 295 Å². The predicted molar refractivity (Wildman–Crippen MR) is 188 cm³/mol. The number of fused-ring (bicyclic) bond motifs is 1. The number of β-lactam (4-membered cyclic amide) rings is 1. The highest BCUT2D eigenvalue weighted by atomic mass is 32.2. The smallest absolute Gasteiger partial charge is 0.409 e. The molecule has 0 saturated carbocycles. The van der Waals surface area contributed by atoms with Crippen LogP contribution in [0.2, 0.25) is 0 Å². The van der Waals surface area contributed by atoms with E-state index in [1.54, 1.807) is 5.38 Å². The van der Waals surface area contributed by atoms with Gasteiger partial charge in [0.15, 0.2) is 10.8 Å². The van der Waals surface area contributed by atoms with Crippen molar-refractivity contribution in [3.8, 4) is 0 Å². The van der Waals surface area contributed by atoms with E-state index >= 15 is 0 Å². The highest BCUT2D eigenvalue weighted by Gasteiger charge is 2.54. The molecular weight excluding hydrogens is 681 g/mol. The van der Waals surface area contributed by atoms with Crippen LogP contribution in [0.4, 0.5) is 9.93 Å². The van der Waals surface area contributed by atoms with Crippen LogP contribution in [0.15, 0.2) is 113 Å². The number of carboxylic acid groups (broad SMARTS) is 1. The molecule has 3 aromatic carbocycles. The van der Waals surface area contributed by atoms with E-state index in [9.17, 15) is 29.5 Å². The minimum Gasteiger partial charge on any atom is -0.477 e. The van der Waals surface area contributed by atoms with Crippen molar-refractivity contribution >= 4 is 57.8 Å². The van der Waals surface area contributed by atoms with E-state index in [0.29, 0.717) is 5.13 Å². The molecule has 1 saturated heterocycles. The number of ether oxygens (including phenoxy) is 1. The Kier molecular flexibility index (Phi) is 9.88. The number of anilines is 1. The molecule has 1 fully saturated rings. The van der Waals surface area contributed by atoms with E-state index in [1.165, 1.54) is 42.1 Å². The van der Waals surface area contributed by atoms with Gasteiger partial charge in [0.1, 0.15) is 35.0 Å². The number of rotatable bonds is 11. The lowest BCUT2D eigenvalue weighted by atomic mass is 9.77. The van der Waals surface area contributed by atoms with E-state index in [0.717, 1.165) is 21.6 Å². The summed E-state index contributed by atoms with van der Waals surface area (Å²) in [4.78, 5) is 57.6. The molecule has 4 aromatic rings. The number of aromatic nitrogens is 1. The quantitative estimate of drug-likeness (QED) is 0.0582. The Morgan fingerprint density at radius 3 is 2.04 bits per heavy atom. The van der Waals surface area contributed by atoms with Gasteiger partial charge in [-0.3, -0.25) is 14.5 Å². The number of aliphatic carboxylic acids is 1. The lowest BCUT2D eigenvalue weighted by Crippen LogP contribution is -2.71. The zero-order valence-electron chi connectivity index (χ0n) is 26.8. The fraction of sp³-hybridized carbons (Fsp3) is 0.200. The molecule has 2 aliphatic heterocycles. The summed E-state index contributed by atoms with van der Waals surface area (Å²) < 4.78 is 5.15. The van der Waals surface area contributed by atoms with Gasteiger partial charge in [-0.15, -0.1) is 23.1 Å². The largest absolute Gasteiger partial charge is 0.477 e. The molecule has 6 rings (SSSR count). The summed E-state index contributed by atoms with van der Waals surface area (Å²) >= 11 is 2.42. The van der Waals surface area contributed by atoms with Crippen LogP contribution in [-0.4, -0.2) is 92.6 Å². The van der Waals surface area contributed by atoms with Gasteiger partial charge in [-0.2, -0.15) is 0 Å². The standard InChI is InChI=1S/C35H32N6O7S2/c1-40(2)34(46)48-18-21-19-49-31-27(30(43)41(31)28(21)32(44)45)37-29(42)26(39-47)25-20-50-33(36-25)38-35(22-12-6-3-7-13-22,23-14-8-4-9-15-23)24-16-10-5-11-17-24/h3-17,20,27,31,47H,18-19H2,1-2H3,(H,36,38)(H,37,42)(H,44,45)/b39-26-/t27-,31-/m1/s1. The lowest BCUT2D eigenvalue weighted by molar-refractivity contribution is -0.150. The summed E-state index contributed by atoms with van der Waals surface area (Å²) in [6.45, 7) is -0.305. The van der Waals surface area contributed by atoms with Crippen molar-refractivity contribution in [1.29, 1.82) is 0 Å². The first kappa shape index (κ1) is 34.2. The second-order valence-corrected chi connectivity index (χ2v) is 13.5. The van der Waals surface area contributed by atoms with Crippen LogP contribution in [0.1, 0.15) is 22.4 Å². The van der Waals surface area contributed by atoms with Crippen LogP contribution >= 0.6 is 23.1 Å². The minimum atomic E-state index is -1.36. The third kappa shape index (κ3) is 6.40. The molecule has 2 aliphatic rings. The first-order valence-corrected chi connectivity index (χ1v) is 17.3. The van der Waals surface area contributed by atoms with Crippen molar-refractivity contribution in [2.24, 2.45) is 5.16 Å². The Bertz CT molecular complexity index is 1870. The van der Waals surface area contributed by atoms with Crippen LogP contribution in [0.25, 0.3) is 0 Å². The summed E-state index contributed by atoms with van der Waals surface area (Å²) in [5.41, 5.74) is 1.54. The molecule has 15 heteroatoms. The maximum Gasteiger partial charge on any atom is 0.409 e. The minimum absolute atomic E-state index is 0.0663. The molecule has 13 nitrogen and oxygen atoms in total. The fourth-order valence-corrected chi connectivity index (χ4v) is 7.95. The molecule has 50 heavy (non-hydrogen) atoms. The first-order valence-electron chi connectivity index (χ1n) is 15.3. The normalized spacial score (nSPS) is 17.4. The number of amides is 3. The third-order valence-electron chi connectivity index (χ3n) is 8.25. The molecule has 256 valence electrons. The highest BCUT2D eigenvalue weighted by molar-refractivity contribution is 8.00. The first-order chi connectivity index (χ1) is 24.1. The fourth-order valence-electron chi connectivity index (χ4n) is 5.88. The van der Waals surface area contributed by atoms with Gasteiger partial charge in [0, 0.05) is 30.8 Å². The van der Waals surface area contributed by atoms with Crippen LogP contribution in [0, 0.1) is 0 Å². The van der Waals surface area contributed by atoms with E-state index < -0.39 is 46.5 Å². The predicted octanol–water partition coefficient (Wildman–Crippen LogP) is 4.16. The van der Waals surface area contributed by atoms with Gasteiger partial charge < -0.3 is 30.6 Å². The maximum atomic E-state index is 13.4. The molecule has 0 radical (unpaired) electrons. The topological polar surface area (TPSA) is 174 Å². The average molecular weight is 713 g/mol. The highest BCUT2D eigenvalue weighted by Crippen LogP contribution is 2.42. The molecule has 0 aliphatic carbocycles. The van der Waals surface area contributed by atoms with Gasteiger partial charge in [0.05, 0.1) is 0 Å². The van der Waals surface area contributed by atoms with Crippen LogP contribution in [-0.2, 0) is 24.7 Å². The van der Waals surface area contributed by atoms with Crippen molar-refractivity contribution in [3.63, 3.8) is 0 Å². The van der Waals surface area contributed by atoms with Crippen molar-refractivity contribution in [2.75, 3.05) is 31.8 Å². The Morgan fingerprint density at radius 1 is 0.980 bits per heavy atom. The number of nitrogens with zero attached hydrogens (tertiary/aromatic N) is 4. The van der Waals surface area contributed by atoms with Crippen molar-refractivity contribution in [3.05, 3.63) is 130 Å². The number of carbonyl (C=O) groups is 4. The van der Waals surface area contributed by atoms with Gasteiger partial charge in [-0.25, -0.2) is 14.6 Å². The number of thioether (sulfide) groups is 1. The number of carbonyl (C=O) groups excluding carboxylic acids is 3. The number of thiazole rings is 1. The number of hydrogen-bond acceptors (Lipinski definition) is 11. The second-order valence-electron chi connectivity index (χ2n) is 11.5. The summed E-state index contributed by atoms with van der Waals surface area (Å²) in [7, 11) is 2.99.